The monoisotopic (exact) mass is 596 g/mol. The minimum absolute atomic E-state index is 0.164. The Kier molecular flexibility index (Phi) is 10.2. The van der Waals surface area contributed by atoms with Crippen LogP contribution in [0.15, 0.2) is 24.4 Å². The van der Waals surface area contributed by atoms with Gasteiger partial charge in [-0.05, 0) is 99.7 Å². The van der Waals surface area contributed by atoms with E-state index < -0.39 is 0 Å². The fourth-order valence-corrected chi connectivity index (χ4v) is 8.78. The van der Waals surface area contributed by atoms with Crippen LogP contribution in [-0.2, 0) is 0 Å². The molecule has 5 heterocycles. The number of allylic oxidation sites excluding steroid dienone is 1. The van der Waals surface area contributed by atoms with Crippen LogP contribution in [0.2, 0.25) is 0 Å². The van der Waals surface area contributed by atoms with Crippen molar-refractivity contribution in [3.63, 3.8) is 0 Å². The topological polar surface area (TPSA) is 64.2 Å². The third-order valence-corrected chi connectivity index (χ3v) is 11.2. The third-order valence-electron chi connectivity index (χ3n) is 10.2. The van der Waals surface area contributed by atoms with Gasteiger partial charge in [-0.15, -0.1) is 0 Å². The lowest BCUT2D eigenvalue weighted by atomic mass is 9.78. The Hall–Kier alpha value is -0.960. The van der Waals surface area contributed by atoms with E-state index in [0.717, 1.165) is 13.0 Å². The van der Waals surface area contributed by atoms with E-state index in [0.29, 0.717) is 35.6 Å². The van der Waals surface area contributed by atoms with Crippen molar-refractivity contribution in [3.8, 4) is 0 Å². The summed E-state index contributed by atoms with van der Waals surface area (Å²) in [6.45, 7) is 21.2. The summed E-state index contributed by atoms with van der Waals surface area (Å²) in [5.74, 6) is 1.32. The zero-order chi connectivity index (χ0) is 30.1. The first-order chi connectivity index (χ1) is 19.8. The van der Waals surface area contributed by atoms with Gasteiger partial charge in [0.25, 0.3) is 0 Å². The Labute approximate surface area is 261 Å². The number of hydrogen-bond donors (Lipinski definition) is 4. The van der Waals surface area contributed by atoms with Crippen molar-refractivity contribution in [2.75, 3.05) is 13.1 Å². The molecule has 7 heteroatoms. The van der Waals surface area contributed by atoms with Crippen LogP contribution in [0, 0.1) is 22.7 Å². The lowest BCUT2D eigenvalue weighted by Crippen LogP contribution is -2.63. The van der Waals surface area contributed by atoms with Gasteiger partial charge in [0, 0.05) is 36.8 Å². The standard InChI is InChI=1S/C35H60N6S/c1-33(2,3)18-16-24-17-19-36-28(20-24)27-14-12-25-21-35(7,8)41(23-25)32-26(13-15-29(39-32)34(4,5)6)22-37-42-31-11-9-10-30(38-27)40-31/h16-20,25-27,29-32,37-40H,9-15,21-23H2,1-8H3/b18-16+/t25-,26?,27?,29?,30?,31?,32?/m0/s1. The Balaban J connectivity index is 1.40. The van der Waals surface area contributed by atoms with Gasteiger partial charge in [-0.25, -0.2) is 0 Å². The van der Waals surface area contributed by atoms with Gasteiger partial charge in [-0.2, -0.15) is 0 Å². The van der Waals surface area contributed by atoms with Crippen LogP contribution in [0.1, 0.15) is 124 Å². The van der Waals surface area contributed by atoms with Crippen LogP contribution in [-0.4, -0.2) is 52.3 Å². The molecule has 0 radical (unpaired) electrons. The fraction of sp³-hybridized carbons (Fsp3) is 0.800. The molecule has 7 unspecified atom stereocenters. The summed E-state index contributed by atoms with van der Waals surface area (Å²) < 4.78 is 3.86. The summed E-state index contributed by atoms with van der Waals surface area (Å²) >= 11 is 1.93. The molecule has 0 spiro atoms. The van der Waals surface area contributed by atoms with Crippen LogP contribution in [0.4, 0.5) is 0 Å². The summed E-state index contributed by atoms with van der Waals surface area (Å²) in [6, 6.07) is 5.27. The van der Waals surface area contributed by atoms with Crippen LogP contribution < -0.4 is 20.7 Å². The van der Waals surface area contributed by atoms with Gasteiger partial charge in [0.05, 0.1) is 29.4 Å². The first kappa shape index (κ1) is 32.4. The van der Waals surface area contributed by atoms with Crippen LogP contribution >= 0.6 is 11.9 Å². The molecule has 8 atom stereocenters. The lowest BCUT2D eigenvalue weighted by Gasteiger charge is -2.50. The molecule has 4 aliphatic rings. The average Bonchev–Trinajstić information content (AvgIpc) is 3.22. The number of piperidine rings is 2. The lowest BCUT2D eigenvalue weighted by molar-refractivity contribution is 0.00552. The molecular weight excluding hydrogens is 536 g/mol. The highest BCUT2D eigenvalue weighted by Crippen LogP contribution is 2.42. The zero-order valence-electron chi connectivity index (χ0n) is 27.8. The number of nitrogens with one attached hydrogen (secondary N) is 4. The largest absolute Gasteiger partial charge is 0.298 e. The molecule has 5 rings (SSSR count). The highest BCUT2D eigenvalue weighted by atomic mass is 32.2. The smallest absolute Gasteiger partial charge is 0.0690 e. The Bertz CT molecular complexity index is 1060. The zero-order valence-corrected chi connectivity index (χ0v) is 28.6. The molecule has 0 saturated carbocycles. The van der Waals surface area contributed by atoms with Gasteiger partial charge in [0.15, 0.2) is 0 Å². The van der Waals surface area contributed by atoms with Crippen LogP contribution in [0.25, 0.3) is 6.08 Å². The first-order valence-corrected chi connectivity index (χ1v) is 17.7. The van der Waals surface area contributed by atoms with Gasteiger partial charge in [0.2, 0.25) is 0 Å². The first-order valence-electron chi connectivity index (χ1n) is 16.9. The van der Waals surface area contributed by atoms with E-state index >= 15 is 0 Å². The predicted molar refractivity (Wildman–Crippen MR) is 180 cm³/mol. The van der Waals surface area contributed by atoms with E-state index in [1.165, 1.54) is 62.7 Å². The summed E-state index contributed by atoms with van der Waals surface area (Å²) in [7, 11) is 0. The SMILES string of the molecule is CC(C)(C)/C=C/c1ccnc(C2CC[C@@H]3CN(C4NC(C(C)(C)C)CCC4CNSC4CCCC(N4)N2)C(C)(C)C3)c1. The van der Waals surface area contributed by atoms with Crippen molar-refractivity contribution in [2.24, 2.45) is 22.7 Å². The van der Waals surface area contributed by atoms with Gasteiger partial charge in [-0.1, -0.05) is 65.6 Å². The number of hydrogen-bond acceptors (Lipinski definition) is 7. The molecule has 1 aromatic rings. The van der Waals surface area contributed by atoms with E-state index in [2.05, 4.69) is 105 Å². The van der Waals surface area contributed by atoms with Crippen molar-refractivity contribution in [1.82, 2.24) is 30.6 Å². The Morgan fingerprint density at radius 3 is 2.55 bits per heavy atom. The molecule has 4 N–H and O–H groups in total. The van der Waals surface area contributed by atoms with Gasteiger partial charge < -0.3 is 0 Å². The second-order valence-corrected chi connectivity index (χ2v) is 17.6. The van der Waals surface area contributed by atoms with Crippen molar-refractivity contribution in [1.29, 1.82) is 0 Å². The summed E-state index contributed by atoms with van der Waals surface area (Å²) in [5, 5.41) is 12.6. The maximum Gasteiger partial charge on any atom is 0.0690 e. The number of rotatable bonds is 2. The maximum atomic E-state index is 4.94. The van der Waals surface area contributed by atoms with Crippen molar-refractivity contribution in [2.45, 2.75) is 142 Å². The molecule has 6 nitrogen and oxygen atoms in total. The third kappa shape index (κ3) is 8.39. The van der Waals surface area contributed by atoms with Gasteiger partial charge in [0.1, 0.15) is 0 Å². The predicted octanol–water partition coefficient (Wildman–Crippen LogP) is 7.07. The molecule has 4 fully saturated rings. The molecule has 4 saturated heterocycles. The molecule has 0 aliphatic carbocycles. The van der Waals surface area contributed by atoms with Crippen molar-refractivity contribution < 1.29 is 0 Å². The second kappa shape index (κ2) is 13.2. The molecule has 42 heavy (non-hydrogen) atoms. The Morgan fingerprint density at radius 1 is 0.976 bits per heavy atom. The van der Waals surface area contributed by atoms with Crippen molar-refractivity contribution >= 4 is 18.0 Å². The number of aromatic nitrogens is 1. The highest BCUT2D eigenvalue weighted by molar-refractivity contribution is 7.98. The van der Waals surface area contributed by atoms with E-state index in [1.807, 2.05) is 18.1 Å². The molecular formula is C35H60N6S. The van der Waals surface area contributed by atoms with Crippen LogP contribution in [0.3, 0.4) is 0 Å². The summed E-state index contributed by atoms with van der Waals surface area (Å²) in [4.78, 5) is 7.81. The van der Waals surface area contributed by atoms with E-state index in [-0.39, 0.29) is 22.4 Å². The van der Waals surface area contributed by atoms with E-state index in [9.17, 15) is 0 Å². The summed E-state index contributed by atoms with van der Waals surface area (Å²) in [5.41, 5.74) is 3.06. The van der Waals surface area contributed by atoms with Crippen LogP contribution in [0.5, 0.6) is 0 Å². The minimum Gasteiger partial charge on any atom is -0.298 e. The van der Waals surface area contributed by atoms with E-state index in [1.54, 1.807) is 0 Å². The highest BCUT2D eigenvalue weighted by Gasteiger charge is 2.47. The molecule has 0 aromatic carbocycles. The maximum absolute atomic E-state index is 4.94. The minimum atomic E-state index is 0.164. The fourth-order valence-electron chi connectivity index (χ4n) is 7.75. The normalized spacial score (nSPS) is 36.7. The second-order valence-electron chi connectivity index (χ2n) is 16.5. The molecule has 1 aromatic heterocycles. The van der Waals surface area contributed by atoms with E-state index in [4.69, 9.17) is 4.98 Å². The molecule has 0 amide bonds. The summed E-state index contributed by atoms with van der Waals surface area (Å²) in [6.07, 6.45) is 17.1. The number of nitrogens with zero attached hydrogens (tertiary/aromatic N) is 2. The van der Waals surface area contributed by atoms with Gasteiger partial charge in [-0.3, -0.25) is 30.6 Å². The number of pyridine rings is 1. The number of fused-ring (bicyclic) bond motifs is 6. The quantitative estimate of drug-likeness (QED) is 0.272. The molecule has 4 bridgehead atoms. The van der Waals surface area contributed by atoms with Crippen molar-refractivity contribution in [3.05, 3.63) is 35.7 Å². The average molecular weight is 597 g/mol. The van der Waals surface area contributed by atoms with Gasteiger partial charge >= 0.3 is 0 Å². The Morgan fingerprint density at radius 2 is 1.79 bits per heavy atom. The molecule has 236 valence electrons. The molecule has 4 aliphatic heterocycles.